The number of hydrogen-bond donors (Lipinski definition) is 1. The zero-order valence-electron chi connectivity index (χ0n) is 8.92. The molecule has 0 bridgehead atoms. The molecule has 0 fully saturated rings. The highest BCUT2D eigenvalue weighted by Gasteiger charge is 2.19. The van der Waals surface area contributed by atoms with Crippen molar-refractivity contribution in [3.8, 4) is 0 Å². The summed E-state index contributed by atoms with van der Waals surface area (Å²) in [5, 5.41) is 18.9. The summed E-state index contributed by atoms with van der Waals surface area (Å²) >= 11 is 4.38. The van der Waals surface area contributed by atoms with E-state index < -0.39 is 16.1 Å². The summed E-state index contributed by atoms with van der Waals surface area (Å²) in [6.45, 7) is 1.78. The van der Waals surface area contributed by atoms with Gasteiger partial charge in [0.15, 0.2) is 0 Å². The van der Waals surface area contributed by atoms with E-state index in [0.717, 1.165) is 0 Å². The predicted octanol–water partition coefficient (Wildman–Crippen LogP) is 3.31. The third-order valence-corrected chi connectivity index (χ3v) is 4.39. The third-order valence-electron chi connectivity index (χ3n) is 2.04. The van der Waals surface area contributed by atoms with Gasteiger partial charge < -0.3 is 5.11 Å². The molecule has 1 N–H and O–H groups in total. The van der Waals surface area contributed by atoms with Gasteiger partial charge in [-0.3, -0.25) is 14.9 Å². The second kappa shape index (κ2) is 6.02. The van der Waals surface area contributed by atoms with E-state index in [1.165, 1.54) is 23.9 Å². The highest BCUT2D eigenvalue weighted by Crippen LogP contribution is 2.34. The van der Waals surface area contributed by atoms with Crippen LogP contribution in [0.25, 0.3) is 0 Å². The molecular formula is C10H10BrNO4S. The maximum Gasteiger partial charge on any atom is 0.316 e. The van der Waals surface area contributed by atoms with Crippen LogP contribution in [0.1, 0.15) is 13.3 Å². The molecule has 1 unspecified atom stereocenters. The molecule has 5 nitrogen and oxygen atoms in total. The fraction of sp³-hybridized carbons (Fsp3) is 0.300. The standard InChI is InChI=1S/C10H10BrNO4S/c1-2-8(10(13)14)17-9-4-3-6(12(15)16)5-7(9)11/h3-5,8H,2H2,1H3,(H,13,14). The van der Waals surface area contributed by atoms with Crippen LogP contribution in [0, 0.1) is 10.1 Å². The van der Waals surface area contributed by atoms with Gasteiger partial charge in [-0.1, -0.05) is 6.92 Å². The molecule has 0 heterocycles. The molecule has 0 saturated carbocycles. The minimum absolute atomic E-state index is 0.0235. The second-order valence-electron chi connectivity index (χ2n) is 3.22. The Balaban J connectivity index is 2.93. The van der Waals surface area contributed by atoms with E-state index in [1.54, 1.807) is 13.0 Å². The van der Waals surface area contributed by atoms with Crippen molar-refractivity contribution >= 4 is 39.3 Å². The number of nitrogens with zero attached hydrogens (tertiary/aromatic N) is 1. The minimum Gasteiger partial charge on any atom is -0.480 e. The normalized spacial score (nSPS) is 12.1. The van der Waals surface area contributed by atoms with Crippen LogP contribution in [0.3, 0.4) is 0 Å². The SMILES string of the molecule is CCC(Sc1ccc([N+](=O)[O-])cc1Br)C(=O)O. The van der Waals surface area contributed by atoms with E-state index in [0.29, 0.717) is 15.8 Å². The summed E-state index contributed by atoms with van der Waals surface area (Å²) in [6.07, 6.45) is 0.490. The van der Waals surface area contributed by atoms with Crippen molar-refractivity contribution in [1.29, 1.82) is 0 Å². The Morgan fingerprint density at radius 1 is 1.65 bits per heavy atom. The van der Waals surface area contributed by atoms with E-state index >= 15 is 0 Å². The van der Waals surface area contributed by atoms with Crippen molar-refractivity contribution in [2.24, 2.45) is 0 Å². The predicted molar refractivity (Wildman–Crippen MR) is 68.4 cm³/mol. The molecule has 1 aromatic carbocycles. The molecule has 1 atom stereocenters. The Bertz CT molecular complexity index is 452. The number of non-ortho nitro benzene ring substituents is 1. The fourth-order valence-corrected chi connectivity index (χ4v) is 2.70. The molecule has 0 saturated heterocycles. The zero-order valence-corrected chi connectivity index (χ0v) is 11.3. The van der Waals surface area contributed by atoms with Crippen molar-refractivity contribution < 1.29 is 14.8 Å². The van der Waals surface area contributed by atoms with Crippen LogP contribution in [0.2, 0.25) is 0 Å². The monoisotopic (exact) mass is 319 g/mol. The molecule has 7 heteroatoms. The second-order valence-corrected chi connectivity index (χ2v) is 5.32. The number of aliphatic carboxylic acids is 1. The number of carbonyl (C=O) groups is 1. The van der Waals surface area contributed by atoms with Crippen molar-refractivity contribution in [2.75, 3.05) is 0 Å². The molecule has 17 heavy (non-hydrogen) atoms. The number of thioether (sulfide) groups is 1. The minimum atomic E-state index is -0.886. The lowest BCUT2D eigenvalue weighted by Gasteiger charge is -2.10. The van der Waals surface area contributed by atoms with Gasteiger partial charge in [-0.05, 0) is 28.4 Å². The van der Waals surface area contributed by atoms with Crippen LogP contribution in [-0.2, 0) is 4.79 Å². The van der Waals surface area contributed by atoms with E-state index in [9.17, 15) is 14.9 Å². The number of halogens is 1. The number of carboxylic acid groups (broad SMARTS) is 1. The van der Waals surface area contributed by atoms with Crippen LogP contribution in [-0.4, -0.2) is 21.2 Å². The Morgan fingerprint density at radius 3 is 2.71 bits per heavy atom. The number of nitro groups is 1. The van der Waals surface area contributed by atoms with Gasteiger partial charge in [-0.25, -0.2) is 0 Å². The Labute approximate surface area is 110 Å². The molecule has 0 amide bonds. The van der Waals surface area contributed by atoms with E-state index in [2.05, 4.69) is 15.9 Å². The van der Waals surface area contributed by atoms with Gasteiger partial charge in [0.2, 0.25) is 0 Å². The molecule has 0 aliphatic rings. The molecule has 92 valence electrons. The summed E-state index contributed by atoms with van der Waals surface area (Å²) in [7, 11) is 0. The van der Waals surface area contributed by atoms with E-state index in [-0.39, 0.29) is 5.69 Å². The van der Waals surface area contributed by atoms with Crippen LogP contribution in [0.5, 0.6) is 0 Å². The smallest absolute Gasteiger partial charge is 0.316 e. The first-order valence-corrected chi connectivity index (χ1v) is 6.46. The quantitative estimate of drug-likeness (QED) is 0.511. The summed E-state index contributed by atoms with van der Waals surface area (Å²) in [5.74, 6) is -0.886. The number of hydrogen-bond acceptors (Lipinski definition) is 4. The van der Waals surface area contributed by atoms with Crippen molar-refractivity contribution in [1.82, 2.24) is 0 Å². The molecule has 0 aromatic heterocycles. The first-order valence-electron chi connectivity index (χ1n) is 4.79. The van der Waals surface area contributed by atoms with Crippen LogP contribution in [0.4, 0.5) is 5.69 Å². The largest absolute Gasteiger partial charge is 0.480 e. The highest BCUT2D eigenvalue weighted by molar-refractivity contribution is 9.10. The number of benzene rings is 1. The number of rotatable bonds is 5. The Hall–Kier alpha value is -1.08. The highest BCUT2D eigenvalue weighted by atomic mass is 79.9. The van der Waals surface area contributed by atoms with Crippen molar-refractivity contribution in [2.45, 2.75) is 23.5 Å². The average molecular weight is 320 g/mol. The lowest BCUT2D eigenvalue weighted by atomic mass is 10.3. The van der Waals surface area contributed by atoms with Crippen LogP contribution >= 0.6 is 27.7 Å². The first-order chi connectivity index (χ1) is 7.95. The summed E-state index contributed by atoms with van der Waals surface area (Å²) < 4.78 is 0.538. The first kappa shape index (κ1) is 14.0. The Morgan fingerprint density at radius 2 is 2.29 bits per heavy atom. The summed E-state index contributed by atoms with van der Waals surface area (Å²) in [4.78, 5) is 21.6. The van der Waals surface area contributed by atoms with Crippen LogP contribution in [0.15, 0.2) is 27.6 Å². The molecule has 0 radical (unpaired) electrons. The summed E-state index contributed by atoms with van der Waals surface area (Å²) in [6, 6.07) is 4.29. The van der Waals surface area contributed by atoms with E-state index in [4.69, 9.17) is 5.11 Å². The molecule has 0 spiro atoms. The van der Waals surface area contributed by atoms with Gasteiger partial charge in [0.25, 0.3) is 5.69 Å². The lowest BCUT2D eigenvalue weighted by Crippen LogP contribution is -2.14. The van der Waals surface area contributed by atoms with E-state index in [1.807, 2.05) is 0 Å². The van der Waals surface area contributed by atoms with Gasteiger partial charge in [-0.2, -0.15) is 0 Å². The maximum absolute atomic E-state index is 10.9. The zero-order chi connectivity index (χ0) is 13.0. The lowest BCUT2D eigenvalue weighted by molar-refractivity contribution is -0.385. The van der Waals surface area contributed by atoms with Gasteiger partial charge in [-0.15, -0.1) is 11.8 Å². The molecule has 0 aliphatic carbocycles. The topological polar surface area (TPSA) is 80.4 Å². The molecule has 0 aliphatic heterocycles. The molecule has 1 rings (SSSR count). The average Bonchev–Trinajstić information content (AvgIpc) is 2.26. The Kier molecular flexibility index (Phi) is 4.95. The molecular weight excluding hydrogens is 310 g/mol. The van der Waals surface area contributed by atoms with Crippen LogP contribution < -0.4 is 0 Å². The van der Waals surface area contributed by atoms with Gasteiger partial charge in [0.1, 0.15) is 5.25 Å². The van der Waals surface area contributed by atoms with Crippen molar-refractivity contribution in [3.05, 3.63) is 32.8 Å². The maximum atomic E-state index is 10.9. The number of nitro benzene ring substituents is 1. The number of carboxylic acids is 1. The fourth-order valence-electron chi connectivity index (χ4n) is 1.16. The van der Waals surface area contributed by atoms with Gasteiger partial charge in [0, 0.05) is 21.5 Å². The van der Waals surface area contributed by atoms with Crippen molar-refractivity contribution in [3.63, 3.8) is 0 Å². The summed E-state index contributed by atoms with van der Waals surface area (Å²) in [5.41, 5.74) is -0.0235. The molecule has 1 aromatic rings. The van der Waals surface area contributed by atoms with Gasteiger partial charge in [0.05, 0.1) is 4.92 Å². The van der Waals surface area contributed by atoms with Gasteiger partial charge >= 0.3 is 5.97 Å². The third kappa shape index (κ3) is 3.71.